The maximum absolute atomic E-state index is 11.4. The average Bonchev–Trinajstić information content (AvgIpc) is 2.69. The molecule has 8 nitrogen and oxygen atoms in total. The first kappa shape index (κ1) is 18.8. The van der Waals surface area contributed by atoms with Crippen LogP contribution in [0.3, 0.4) is 0 Å². The lowest BCUT2D eigenvalue weighted by molar-refractivity contribution is -0.384. The van der Waals surface area contributed by atoms with Crippen molar-refractivity contribution in [2.45, 2.75) is 6.04 Å². The zero-order valence-corrected chi connectivity index (χ0v) is 14.8. The van der Waals surface area contributed by atoms with Crippen molar-refractivity contribution in [2.24, 2.45) is 5.73 Å². The van der Waals surface area contributed by atoms with Gasteiger partial charge < -0.3 is 15.8 Å². The standard InChI is InChI=1S/C19H22N4O4/c20-19(24)15-6-7-16(17(12-15)23(25)26)21-13-18(14-4-2-1-3-5-14)22-8-10-27-11-9-22/h1-7,12,18,21H,8-11,13H2,(H2,20,24)/t18-/m0/s1. The Kier molecular flexibility index (Phi) is 6.00. The number of rotatable bonds is 7. The molecule has 0 unspecified atom stereocenters. The van der Waals surface area contributed by atoms with Gasteiger partial charge >= 0.3 is 0 Å². The van der Waals surface area contributed by atoms with Crippen LogP contribution in [0.4, 0.5) is 11.4 Å². The molecule has 1 aliphatic heterocycles. The summed E-state index contributed by atoms with van der Waals surface area (Å²) in [5.74, 6) is -0.694. The predicted octanol–water partition coefficient (Wildman–Crippen LogP) is 2.18. The number of primary amides is 1. The van der Waals surface area contributed by atoms with Crippen LogP contribution >= 0.6 is 0 Å². The van der Waals surface area contributed by atoms with Gasteiger partial charge in [-0.1, -0.05) is 30.3 Å². The Hall–Kier alpha value is -2.97. The van der Waals surface area contributed by atoms with E-state index in [9.17, 15) is 14.9 Å². The van der Waals surface area contributed by atoms with Gasteiger partial charge in [-0.15, -0.1) is 0 Å². The summed E-state index contributed by atoms with van der Waals surface area (Å²) in [6, 6.07) is 14.3. The molecule has 8 heteroatoms. The maximum atomic E-state index is 11.4. The monoisotopic (exact) mass is 370 g/mol. The number of carbonyl (C=O) groups is 1. The number of nitro groups is 1. The first-order chi connectivity index (χ1) is 13.1. The van der Waals surface area contributed by atoms with Gasteiger partial charge in [0.25, 0.3) is 5.69 Å². The molecule has 1 heterocycles. The van der Waals surface area contributed by atoms with Gasteiger partial charge in [-0.2, -0.15) is 0 Å². The molecule has 3 rings (SSSR count). The highest BCUT2D eigenvalue weighted by atomic mass is 16.6. The van der Waals surface area contributed by atoms with Crippen LogP contribution in [0.2, 0.25) is 0 Å². The van der Waals surface area contributed by atoms with E-state index >= 15 is 0 Å². The molecule has 0 bridgehead atoms. The number of nitrogens with one attached hydrogen (secondary N) is 1. The van der Waals surface area contributed by atoms with Crippen molar-refractivity contribution in [2.75, 3.05) is 38.2 Å². The molecule has 1 amide bonds. The molecular weight excluding hydrogens is 348 g/mol. The quantitative estimate of drug-likeness (QED) is 0.571. The van der Waals surface area contributed by atoms with Gasteiger partial charge in [0.1, 0.15) is 5.69 Å². The molecule has 1 saturated heterocycles. The van der Waals surface area contributed by atoms with Crippen molar-refractivity contribution in [3.8, 4) is 0 Å². The molecule has 1 atom stereocenters. The highest BCUT2D eigenvalue weighted by Gasteiger charge is 2.24. The van der Waals surface area contributed by atoms with E-state index in [4.69, 9.17) is 10.5 Å². The van der Waals surface area contributed by atoms with E-state index < -0.39 is 10.8 Å². The minimum Gasteiger partial charge on any atom is -0.379 e. The summed E-state index contributed by atoms with van der Waals surface area (Å²) in [4.78, 5) is 24.5. The molecule has 0 saturated carbocycles. The second-order valence-electron chi connectivity index (χ2n) is 6.31. The van der Waals surface area contributed by atoms with E-state index in [1.807, 2.05) is 30.3 Å². The minimum atomic E-state index is -0.694. The smallest absolute Gasteiger partial charge is 0.293 e. The molecule has 142 valence electrons. The highest BCUT2D eigenvalue weighted by molar-refractivity contribution is 5.94. The van der Waals surface area contributed by atoms with E-state index in [1.165, 1.54) is 18.2 Å². The first-order valence-electron chi connectivity index (χ1n) is 8.75. The van der Waals surface area contributed by atoms with Crippen molar-refractivity contribution in [1.29, 1.82) is 0 Å². The summed E-state index contributed by atoms with van der Waals surface area (Å²) in [5, 5.41) is 14.6. The second kappa shape index (κ2) is 8.61. The van der Waals surface area contributed by atoms with Crippen LogP contribution in [-0.2, 0) is 4.74 Å². The minimum absolute atomic E-state index is 0.0468. The van der Waals surface area contributed by atoms with Crippen LogP contribution in [0.25, 0.3) is 0 Å². The topological polar surface area (TPSA) is 111 Å². The lowest BCUT2D eigenvalue weighted by Crippen LogP contribution is -2.41. The van der Waals surface area contributed by atoms with Crippen molar-refractivity contribution < 1.29 is 14.5 Å². The Morgan fingerprint density at radius 2 is 1.93 bits per heavy atom. The molecule has 0 spiro atoms. The number of hydrogen-bond acceptors (Lipinski definition) is 6. The Bertz CT molecular complexity index is 807. The number of nitrogens with zero attached hydrogens (tertiary/aromatic N) is 2. The first-order valence-corrected chi connectivity index (χ1v) is 8.75. The van der Waals surface area contributed by atoms with Crippen LogP contribution in [0, 0.1) is 10.1 Å². The fourth-order valence-corrected chi connectivity index (χ4v) is 3.21. The lowest BCUT2D eigenvalue weighted by Gasteiger charge is -2.35. The van der Waals surface area contributed by atoms with Gasteiger partial charge in [0.2, 0.25) is 5.91 Å². The Morgan fingerprint density at radius 3 is 2.56 bits per heavy atom. The molecule has 3 N–H and O–H groups in total. The number of anilines is 1. The number of hydrogen-bond donors (Lipinski definition) is 2. The summed E-state index contributed by atoms with van der Waals surface area (Å²) in [6.45, 7) is 3.41. The van der Waals surface area contributed by atoms with E-state index in [2.05, 4.69) is 10.2 Å². The fourth-order valence-electron chi connectivity index (χ4n) is 3.21. The van der Waals surface area contributed by atoms with Crippen molar-refractivity contribution in [3.63, 3.8) is 0 Å². The van der Waals surface area contributed by atoms with Crippen molar-refractivity contribution in [3.05, 3.63) is 69.8 Å². The molecule has 0 radical (unpaired) electrons. The third-order valence-electron chi connectivity index (χ3n) is 4.64. The summed E-state index contributed by atoms with van der Waals surface area (Å²) in [6.07, 6.45) is 0. The largest absolute Gasteiger partial charge is 0.379 e. The number of morpholine rings is 1. The predicted molar refractivity (Wildman–Crippen MR) is 102 cm³/mol. The van der Waals surface area contributed by atoms with E-state index in [0.29, 0.717) is 25.4 Å². The van der Waals surface area contributed by atoms with Gasteiger partial charge in [0.05, 0.1) is 24.2 Å². The second-order valence-corrected chi connectivity index (χ2v) is 6.31. The lowest BCUT2D eigenvalue weighted by atomic mass is 10.0. The van der Waals surface area contributed by atoms with Crippen LogP contribution in [0.15, 0.2) is 48.5 Å². The van der Waals surface area contributed by atoms with Gasteiger partial charge in [0.15, 0.2) is 0 Å². The van der Waals surface area contributed by atoms with Crippen LogP contribution in [-0.4, -0.2) is 48.6 Å². The van der Waals surface area contributed by atoms with Crippen molar-refractivity contribution >= 4 is 17.3 Å². The fraction of sp³-hybridized carbons (Fsp3) is 0.316. The number of amides is 1. The summed E-state index contributed by atoms with van der Waals surface area (Å²) in [7, 11) is 0. The van der Waals surface area contributed by atoms with Gasteiger partial charge in [-0.05, 0) is 17.7 Å². The van der Waals surface area contributed by atoms with Crippen LogP contribution in [0.1, 0.15) is 22.0 Å². The third-order valence-corrected chi connectivity index (χ3v) is 4.64. The molecule has 0 aromatic heterocycles. The van der Waals surface area contributed by atoms with E-state index in [-0.39, 0.29) is 17.3 Å². The summed E-state index contributed by atoms with van der Waals surface area (Å²) >= 11 is 0. The highest BCUT2D eigenvalue weighted by Crippen LogP contribution is 2.28. The van der Waals surface area contributed by atoms with E-state index in [1.54, 1.807) is 0 Å². The molecule has 0 aliphatic carbocycles. The number of ether oxygens (including phenoxy) is 1. The number of benzene rings is 2. The zero-order chi connectivity index (χ0) is 19.2. The molecule has 27 heavy (non-hydrogen) atoms. The molecule has 2 aromatic rings. The summed E-state index contributed by atoms with van der Waals surface area (Å²) < 4.78 is 5.44. The normalized spacial score (nSPS) is 15.9. The molecule has 1 aliphatic rings. The molecular formula is C19H22N4O4. The third kappa shape index (κ3) is 4.60. The zero-order valence-electron chi connectivity index (χ0n) is 14.8. The van der Waals surface area contributed by atoms with Gasteiger partial charge in [-0.3, -0.25) is 19.8 Å². The Balaban J connectivity index is 1.83. The summed E-state index contributed by atoms with van der Waals surface area (Å²) in [5.41, 5.74) is 6.66. The van der Waals surface area contributed by atoms with Crippen molar-refractivity contribution in [1.82, 2.24) is 4.90 Å². The van der Waals surface area contributed by atoms with Crippen LogP contribution in [0.5, 0.6) is 0 Å². The Morgan fingerprint density at radius 1 is 1.22 bits per heavy atom. The molecule has 1 fully saturated rings. The maximum Gasteiger partial charge on any atom is 0.293 e. The van der Waals surface area contributed by atoms with Gasteiger partial charge in [0, 0.05) is 31.3 Å². The SMILES string of the molecule is NC(=O)c1ccc(NC[C@@H](c2ccccc2)N2CCOCC2)c([N+](=O)[O-])c1. The number of nitrogens with two attached hydrogens (primary N) is 1. The average molecular weight is 370 g/mol. The van der Waals surface area contributed by atoms with E-state index in [0.717, 1.165) is 18.7 Å². The number of carbonyl (C=O) groups excluding carboxylic acids is 1. The number of nitro benzene ring substituents is 1. The molecule has 2 aromatic carbocycles. The van der Waals surface area contributed by atoms with Gasteiger partial charge in [-0.25, -0.2) is 0 Å². The van der Waals surface area contributed by atoms with Crippen LogP contribution < -0.4 is 11.1 Å². The Labute approximate surface area is 157 Å².